The Bertz CT molecular complexity index is 628. The predicted octanol–water partition coefficient (Wildman–Crippen LogP) is 0.743. The molecule has 1 fully saturated rings. The normalized spacial score (nSPS) is 15.6. The highest BCUT2D eigenvalue weighted by molar-refractivity contribution is 7.90. The molecule has 1 aliphatic rings. The Morgan fingerprint density at radius 3 is 2.55 bits per heavy atom. The minimum Gasteiger partial charge on any atom is -0.336 e. The van der Waals surface area contributed by atoms with Gasteiger partial charge in [-0.05, 0) is 30.7 Å². The van der Waals surface area contributed by atoms with E-state index in [1.165, 1.54) is 14.1 Å². The Morgan fingerprint density at radius 2 is 2.05 bits per heavy atom. The van der Waals surface area contributed by atoms with Gasteiger partial charge in [0.2, 0.25) is 0 Å². The van der Waals surface area contributed by atoms with Crippen molar-refractivity contribution in [1.82, 2.24) is 9.62 Å². The molecule has 2 amide bonds. The molecule has 0 aliphatic carbocycles. The third-order valence-corrected chi connectivity index (χ3v) is 4.54. The van der Waals surface area contributed by atoms with Crippen molar-refractivity contribution in [3.05, 3.63) is 23.8 Å². The summed E-state index contributed by atoms with van der Waals surface area (Å²) in [7, 11) is -0.608. The number of rotatable bonds is 4. The Labute approximate surface area is 118 Å². The van der Waals surface area contributed by atoms with Crippen LogP contribution in [0.5, 0.6) is 0 Å². The fourth-order valence-electron chi connectivity index (χ4n) is 1.88. The maximum atomic E-state index is 11.8. The highest BCUT2D eigenvalue weighted by atomic mass is 32.2. The van der Waals surface area contributed by atoms with Crippen molar-refractivity contribution in [3.8, 4) is 0 Å². The molecule has 0 aromatic heterocycles. The van der Waals surface area contributed by atoms with Crippen LogP contribution in [0.1, 0.15) is 5.56 Å². The summed E-state index contributed by atoms with van der Waals surface area (Å²) in [6.07, 6.45) is 0. The monoisotopic (exact) mass is 298 g/mol. The lowest BCUT2D eigenvalue weighted by Crippen LogP contribution is -2.29. The largest absolute Gasteiger partial charge is 0.336 e. The standard InChI is InChI=1S/C12H18N4O3S/c1-9-8-10(16-7-6-13-12(16)17)4-5-11(9)14-20(18,19)15(2)3/h4-5,8,14H,6-7H2,1-3H3,(H,13,17). The number of carbonyl (C=O) groups is 1. The second kappa shape index (κ2) is 5.29. The molecule has 8 heteroatoms. The van der Waals surface area contributed by atoms with Crippen molar-refractivity contribution in [2.75, 3.05) is 36.8 Å². The number of urea groups is 1. The molecule has 1 aromatic carbocycles. The lowest BCUT2D eigenvalue weighted by atomic mass is 10.2. The minimum absolute atomic E-state index is 0.133. The molecule has 0 saturated carbocycles. The first-order chi connectivity index (χ1) is 9.31. The summed E-state index contributed by atoms with van der Waals surface area (Å²) in [5.41, 5.74) is 2.01. The van der Waals surface area contributed by atoms with Crippen molar-refractivity contribution in [2.45, 2.75) is 6.92 Å². The van der Waals surface area contributed by atoms with E-state index in [0.717, 1.165) is 15.6 Å². The predicted molar refractivity (Wildman–Crippen MR) is 78.2 cm³/mol. The average Bonchev–Trinajstić information content (AvgIpc) is 2.78. The Morgan fingerprint density at radius 1 is 1.35 bits per heavy atom. The number of nitrogens with zero attached hydrogens (tertiary/aromatic N) is 2. The van der Waals surface area contributed by atoms with Crippen LogP contribution in [0.15, 0.2) is 18.2 Å². The van der Waals surface area contributed by atoms with Crippen LogP contribution in [-0.4, -0.2) is 45.9 Å². The second-order valence-electron chi connectivity index (χ2n) is 4.77. The second-order valence-corrected chi connectivity index (χ2v) is 6.66. The zero-order valence-corrected chi connectivity index (χ0v) is 12.5. The molecule has 7 nitrogen and oxygen atoms in total. The van der Waals surface area contributed by atoms with Gasteiger partial charge in [-0.2, -0.15) is 12.7 Å². The van der Waals surface area contributed by atoms with Crippen LogP contribution in [0, 0.1) is 6.92 Å². The number of benzene rings is 1. The Kier molecular flexibility index (Phi) is 3.87. The van der Waals surface area contributed by atoms with Gasteiger partial charge in [0.05, 0.1) is 5.69 Å². The molecule has 20 heavy (non-hydrogen) atoms. The first-order valence-corrected chi connectivity index (χ1v) is 7.61. The minimum atomic E-state index is -3.53. The summed E-state index contributed by atoms with van der Waals surface area (Å²) in [4.78, 5) is 13.2. The molecule has 0 spiro atoms. The lowest BCUT2D eigenvalue weighted by Gasteiger charge is -2.18. The Hall–Kier alpha value is -1.80. The van der Waals surface area contributed by atoms with Gasteiger partial charge in [-0.3, -0.25) is 9.62 Å². The van der Waals surface area contributed by atoms with Crippen LogP contribution in [0.25, 0.3) is 0 Å². The molecule has 0 atom stereocenters. The number of carbonyl (C=O) groups excluding carboxylic acids is 1. The summed E-state index contributed by atoms with van der Waals surface area (Å²) < 4.78 is 27.2. The number of hydrogen-bond donors (Lipinski definition) is 2. The van der Waals surface area contributed by atoms with E-state index in [0.29, 0.717) is 18.8 Å². The fourth-order valence-corrected chi connectivity index (χ4v) is 2.57. The summed E-state index contributed by atoms with van der Waals surface area (Å²) in [5, 5.41) is 2.72. The van der Waals surface area contributed by atoms with Crippen LogP contribution in [0.4, 0.5) is 16.2 Å². The SMILES string of the molecule is Cc1cc(N2CCNC2=O)ccc1NS(=O)(=O)N(C)C. The molecule has 110 valence electrons. The molecule has 0 bridgehead atoms. The zero-order chi connectivity index (χ0) is 14.9. The quantitative estimate of drug-likeness (QED) is 0.860. The molecule has 0 radical (unpaired) electrons. The van der Waals surface area contributed by atoms with Gasteiger partial charge >= 0.3 is 16.2 Å². The van der Waals surface area contributed by atoms with Crippen LogP contribution in [0.3, 0.4) is 0 Å². The van der Waals surface area contributed by atoms with Gasteiger partial charge in [0.1, 0.15) is 0 Å². The smallest absolute Gasteiger partial charge is 0.321 e. The molecular formula is C12H18N4O3S. The van der Waals surface area contributed by atoms with E-state index in [-0.39, 0.29) is 6.03 Å². The number of amides is 2. The summed E-state index contributed by atoms with van der Waals surface area (Å²) in [6.45, 7) is 3.03. The number of hydrogen-bond acceptors (Lipinski definition) is 3. The third kappa shape index (κ3) is 2.86. The molecule has 0 unspecified atom stereocenters. The van der Waals surface area contributed by atoms with Gasteiger partial charge in [0.15, 0.2) is 0 Å². The van der Waals surface area contributed by atoms with E-state index in [2.05, 4.69) is 10.0 Å². The molecule has 1 saturated heterocycles. The van der Waals surface area contributed by atoms with Crippen molar-refractivity contribution in [2.24, 2.45) is 0 Å². The number of anilines is 2. The van der Waals surface area contributed by atoms with Gasteiger partial charge in [0.25, 0.3) is 0 Å². The van der Waals surface area contributed by atoms with Gasteiger partial charge in [-0.25, -0.2) is 4.79 Å². The Balaban J connectivity index is 2.25. The molecule has 2 rings (SSSR count). The van der Waals surface area contributed by atoms with E-state index >= 15 is 0 Å². The maximum absolute atomic E-state index is 11.8. The number of nitrogens with one attached hydrogen (secondary N) is 2. The summed E-state index contributed by atoms with van der Waals surface area (Å²) in [6, 6.07) is 5.05. The van der Waals surface area contributed by atoms with Crippen LogP contribution < -0.4 is 14.9 Å². The lowest BCUT2D eigenvalue weighted by molar-refractivity contribution is 0.252. The van der Waals surface area contributed by atoms with Crippen molar-refractivity contribution in [1.29, 1.82) is 0 Å². The van der Waals surface area contributed by atoms with Crippen molar-refractivity contribution < 1.29 is 13.2 Å². The number of aryl methyl sites for hydroxylation is 1. The van der Waals surface area contributed by atoms with E-state index in [1.54, 1.807) is 30.0 Å². The maximum Gasteiger partial charge on any atom is 0.321 e. The first kappa shape index (κ1) is 14.6. The first-order valence-electron chi connectivity index (χ1n) is 6.17. The van der Waals surface area contributed by atoms with E-state index < -0.39 is 10.2 Å². The third-order valence-electron chi connectivity index (χ3n) is 3.10. The fraction of sp³-hybridized carbons (Fsp3) is 0.417. The molecule has 1 aromatic rings. The highest BCUT2D eigenvalue weighted by Gasteiger charge is 2.22. The van der Waals surface area contributed by atoms with E-state index in [4.69, 9.17) is 0 Å². The van der Waals surface area contributed by atoms with Gasteiger partial charge in [0, 0.05) is 32.9 Å². The average molecular weight is 298 g/mol. The molecular weight excluding hydrogens is 280 g/mol. The van der Waals surface area contributed by atoms with Gasteiger partial charge in [-0.1, -0.05) is 0 Å². The highest BCUT2D eigenvalue weighted by Crippen LogP contribution is 2.24. The van der Waals surface area contributed by atoms with Gasteiger partial charge in [-0.15, -0.1) is 0 Å². The van der Waals surface area contributed by atoms with Crippen LogP contribution in [0.2, 0.25) is 0 Å². The summed E-state index contributed by atoms with van der Waals surface area (Å²) >= 11 is 0. The van der Waals surface area contributed by atoms with E-state index in [1.807, 2.05) is 0 Å². The van der Waals surface area contributed by atoms with Gasteiger partial charge < -0.3 is 5.32 Å². The summed E-state index contributed by atoms with van der Waals surface area (Å²) in [5.74, 6) is 0. The van der Waals surface area contributed by atoms with E-state index in [9.17, 15) is 13.2 Å². The molecule has 1 aliphatic heterocycles. The molecule has 2 N–H and O–H groups in total. The topological polar surface area (TPSA) is 81.8 Å². The van der Waals surface area contributed by atoms with Crippen molar-refractivity contribution in [3.63, 3.8) is 0 Å². The zero-order valence-electron chi connectivity index (χ0n) is 11.7. The molecule has 1 heterocycles. The van der Waals surface area contributed by atoms with Crippen molar-refractivity contribution >= 4 is 27.6 Å². The van der Waals surface area contributed by atoms with Crippen LogP contribution >= 0.6 is 0 Å². The van der Waals surface area contributed by atoms with Crippen LogP contribution in [-0.2, 0) is 10.2 Å².